The van der Waals surface area contributed by atoms with E-state index in [0.29, 0.717) is 5.92 Å². The maximum Gasteiger partial charge on any atom is 0.0678 e. The van der Waals surface area contributed by atoms with Crippen molar-refractivity contribution in [2.45, 2.75) is 13.3 Å². The van der Waals surface area contributed by atoms with Gasteiger partial charge in [-0.3, -0.25) is 0 Å². The molecule has 0 unspecified atom stereocenters. The molecule has 1 atom stereocenters. The van der Waals surface area contributed by atoms with Crippen molar-refractivity contribution in [3.8, 4) is 0 Å². The number of hydrogen-bond acceptors (Lipinski definition) is 1. The van der Waals surface area contributed by atoms with Gasteiger partial charge in [-0.25, -0.2) is 0 Å². The lowest BCUT2D eigenvalue weighted by Gasteiger charge is -2.08. The summed E-state index contributed by atoms with van der Waals surface area (Å²) in [6, 6.07) is 0. The maximum absolute atomic E-state index is 8.66. The molecule has 0 saturated heterocycles. The first-order valence-corrected chi connectivity index (χ1v) is 3.31. The van der Waals surface area contributed by atoms with E-state index in [1.54, 1.807) is 0 Å². The van der Waals surface area contributed by atoms with Crippen LogP contribution in [0.5, 0.6) is 0 Å². The maximum atomic E-state index is 8.66. The van der Waals surface area contributed by atoms with Gasteiger partial charge in [-0.1, -0.05) is 25.2 Å². The van der Waals surface area contributed by atoms with E-state index in [1.807, 2.05) is 6.08 Å². The van der Waals surface area contributed by atoms with E-state index in [0.717, 1.165) is 12.0 Å². The first kappa shape index (κ1) is 6.56. The first-order valence-electron chi connectivity index (χ1n) is 3.31. The molecule has 0 saturated carbocycles. The second kappa shape index (κ2) is 2.83. The van der Waals surface area contributed by atoms with Crippen LogP contribution in [0.2, 0.25) is 0 Å². The van der Waals surface area contributed by atoms with Crippen LogP contribution in [-0.4, -0.2) is 11.7 Å². The lowest BCUT2D eigenvalue weighted by atomic mass is 9.99. The Labute approximate surface area is 55.7 Å². The van der Waals surface area contributed by atoms with Gasteiger partial charge in [0.05, 0.1) is 6.61 Å². The number of aliphatic hydroxyl groups excluding tert-OH is 1. The largest absolute Gasteiger partial charge is 0.392 e. The summed E-state index contributed by atoms with van der Waals surface area (Å²) in [5.74, 6) is 0.653. The predicted octanol–water partition coefficient (Wildman–Crippen LogP) is 1.50. The first-order chi connectivity index (χ1) is 4.33. The minimum atomic E-state index is 0.184. The third-order valence-electron chi connectivity index (χ3n) is 1.57. The van der Waals surface area contributed by atoms with Gasteiger partial charge in [-0.05, 0) is 17.9 Å². The van der Waals surface area contributed by atoms with Crippen molar-refractivity contribution < 1.29 is 5.11 Å². The molecule has 9 heavy (non-hydrogen) atoms. The third-order valence-corrected chi connectivity index (χ3v) is 1.57. The average molecular weight is 124 g/mol. The third kappa shape index (κ3) is 1.68. The van der Waals surface area contributed by atoms with Crippen LogP contribution in [0.3, 0.4) is 0 Å². The molecule has 0 bridgehead atoms. The molecule has 1 aliphatic rings. The molecule has 1 N–H and O–H groups in total. The molecule has 0 amide bonds. The normalized spacial score (nSPS) is 26.0. The van der Waals surface area contributed by atoms with Crippen LogP contribution in [0.25, 0.3) is 0 Å². The zero-order chi connectivity index (χ0) is 6.69. The summed E-state index contributed by atoms with van der Waals surface area (Å²) >= 11 is 0. The SMILES string of the molecule is C[C@@H]1C=CC(CO)=CC1. The fourth-order valence-corrected chi connectivity index (χ4v) is 0.889. The monoisotopic (exact) mass is 124 g/mol. The van der Waals surface area contributed by atoms with Gasteiger partial charge in [-0.2, -0.15) is 0 Å². The van der Waals surface area contributed by atoms with Gasteiger partial charge in [0.1, 0.15) is 0 Å². The van der Waals surface area contributed by atoms with Crippen LogP contribution in [0, 0.1) is 5.92 Å². The molecular weight excluding hydrogens is 112 g/mol. The second-order valence-corrected chi connectivity index (χ2v) is 2.51. The summed E-state index contributed by atoms with van der Waals surface area (Å²) in [6.07, 6.45) is 7.29. The zero-order valence-electron chi connectivity index (χ0n) is 5.67. The van der Waals surface area contributed by atoms with Crippen LogP contribution in [-0.2, 0) is 0 Å². The van der Waals surface area contributed by atoms with Crippen molar-refractivity contribution in [3.05, 3.63) is 23.8 Å². The van der Waals surface area contributed by atoms with E-state index in [1.165, 1.54) is 0 Å². The summed E-state index contributed by atoms with van der Waals surface area (Å²) in [5, 5.41) is 8.66. The van der Waals surface area contributed by atoms with Crippen molar-refractivity contribution >= 4 is 0 Å². The molecule has 0 aliphatic heterocycles. The fourth-order valence-electron chi connectivity index (χ4n) is 0.889. The minimum absolute atomic E-state index is 0.184. The number of aliphatic hydroxyl groups is 1. The lowest BCUT2D eigenvalue weighted by molar-refractivity contribution is 0.333. The number of hydrogen-bond donors (Lipinski definition) is 1. The molecule has 0 aromatic carbocycles. The highest BCUT2D eigenvalue weighted by Gasteiger charge is 2.00. The van der Waals surface area contributed by atoms with Crippen LogP contribution in [0.15, 0.2) is 23.8 Å². The molecule has 0 heterocycles. The Morgan fingerprint density at radius 1 is 1.78 bits per heavy atom. The Balaban J connectivity index is 2.52. The Bertz CT molecular complexity index is 145. The summed E-state index contributed by atoms with van der Waals surface area (Å²) in [7, 11) is 0. The van der Waals surface area contributed by atoms with E-state index in [4.69, 9.17) is 5.11 Å². The molecule has 1 rings (SSSR count). The van der Waals surface area contributed by atoms with E-state index < -0.39 is 0 Å². The average Bonchev–Trinajstić information content (AvgIpc) is 1.90. The zero-order valence-corrected chi connectivity index (χ0v) is 5.67. The molecule has 0 fully saturated rings. The van der Waals surface area contributed by atoms with E-state index in [-0.39, 0.29) is 6.61 Å². The topological polar surface area (TPSA) is 20.2 Å². The highest BCUT2D eigenvalue weighted by atomic mass is 16.3. The molecule has 50 valence electrons. The highest BCUT2D eigenvalue weighted by Crippen LogP contribution is 2.14. The summed E-state index contributed by atoms with van der Waals surface area (Å²) in [6.45, 7) is 2.35. The van der Waals surface area contributed by atoms with Crippen LogP contribution in [0.4, 0.5) is 0 Å². The predicted molar refractivity (Wildman–Crippen MR) is 38.1 cm³/mol. The van der Waals surface area contributed by atoms with Crippen LogP contribution >= 0.6 is 0 Å². The quantitative estimate of drug-likeness (QED) is 0.561. The molecule has 0 aromatic rings. The Morgan fingerprint density at radius 2 is 2.56 bits per heavy atom. The molecule has 1 aliphatic carbocycles. The lowest BCUT2D eigenvalue weighted by Crippen LogP contribution is -1.96. The summed E-state index contributed by atoms with van der Waals surface area (Å²) < 4.78 is 0. The van der Waals surface area contributed by atoms with Gasteiger partial charge in [0.25, 0.3) is 0 Å². The summed E-state index contributed by atoms with van der Waals surface area (Å²) in [5.41, 5.74) is 1.05. The number of rotatable bonds is 1. The molecule has 0 spiro atoms. The highest BCUT2D eigenvalue weighted by molar-refractivity contribution is 5.23. The van der Waals surface area contributed by atoms with E-state index in [2.05, 4.69) is 19.1 Å². The Morgan fingerprint density at radius 3 is 3.00 bits per heavy atom. The molecule has 0 radical (unpaired) electrons. The van der Waals surface area contributed by atoms with Crippen molar-refractivity contribution in [2.75, 3.05) is 6.61 Å². The van der Waals surface area contributed by atoms with Crippen molar-refractivity contribution in [1.82, 2.24) is 0 Å². The molecular formula is C8H12O. The van der Waals surface area contributed by atoms with E-state index in [9.17, 15) is 0 Å². The molecule has 1 heteroatoms. The van der Waals surface area contributed by atoms with Crippen LogP contribution < -0.4 is 0 Å². The van der Waals surface area contributed by atoms with Crippen molar-refractivity contribution in [2.24, 2.45) is 5.92 Å². The second-order valence-electron chi connectivity index (χ2n) is 2.51. The Hall–Kier alpha value is -0.560. The smallest absolute Gasteiger partial charge is 0.0678 e. The fraction of sp³-hybridized carbons (Fsp3) is 0.500. The van der Waals surface area contributed by atoms with Crippen molar-refractivity contribution in [1.29, 1.82) is 0 Å². The minimum Gasteiger partial charge on any atom is -0.392 e. The van der Waals surface area contributed by atoms with Gasteiger partial charge >= 0.3 is 0 Å². The molecule has 1 nitrogen and oxygen atoms in total. The standard InChI is InChI=1S/C8H12O/c1-7-2-4-8(6-9)5-3-7/h2,4-5,7,9H,3,6H2,1H3/t7-/m1/s1. The number of allylic oxidation sites excluding steroid dienone is 2. The van der Waals surface area contributed by atoms with Gasteiger partial charge < -0.3 is 5.11 Å². The summed E-state index contributed by atoms with van der Waals surface area (Å²) in [4.78, 5) is 0. The van der Waals surface area contributed by atoms with E-state index >= 15 is 0 Å². The van der Waals surface area contributed by atoms with Crippen molar-refractivity contribution in [3.63, 3.8) is 0 Å². The van der Waals surface area contributed by atoms with Gasteiger partial charge in [0, 0.05) is 0 Å². The van der Waals surface area contributed by atoms with Gasteiger partial charge in [-0.15, -0.1) is 0 Å². The van der Waals surface area contributed by atoms with Gasteiger partial charge in [0.2, 0.25) is 0 Å². The Kier molecular flexibility index (Phi) is 2.06. The van der Waals surface area contributed by atoms with Crippen LogP contribution in [0.1, 0.15) is 13.3 Å². The van der Waals surface area contributed by atoms with Gasteiger partial charge in [0.15, 0.2) is 0 Å². The molecule has 0 aromatic heterocycles.